The summed E-state index contributed by atoms with van der Waals surface area (Å²) >= 11 is 0. The fraction of sp³-hybridized carbons (Fsp3) is 0.941. The van der Waals surface area contributed by atoms with Gasteiger partial charge in [-0.25, -0.2) is 0 Å². The predicted octanol–water partition coefficient (Wildman–Crippen LogP) is 2.61. The summed E-state index contributed by atoms with van der Waals surface area (Å²) in [7, 11) is 0. The SMILES string of the molecule is CCNC(=NCC1CCCN(CC)C1)NC1CCCCC1. The van der Waals surface area contributed by atoms with Crippen molar-refractivity contribution in [2.24, 2.45) is 10.9 Å². The Balaban J connectivity index is 1.81. The molecular formula is C17H34N4. The molecule has 1 heterocycles. The second-order valence-electron chi connectivity index (χ2n) is 6.60. The smallest absolute Gasteiger partial charge is 0.191 e. The number of guanidine groups is 1. The maximum atomic E-state index is 4.87. The molecule has 4 nitrogen and oxygen atoms in total. The van der Waals surface area contributed by atoms with Crippen LogP contribution in [0.3, 0.4) is 0 Å². The number of hydrogen-bond donors (Lipinski definition) is 2. The largest absolute Gasteiger partial charge is 0.357 e. The summed E-state index contributed by atoms with van der Waals surface area (Å²) in [6.45, 7) is 10.0. The molecule has 0 aromatic rings. The second kappa shape index (κ2) is 9.29. The lowest BCUT2D eigenvalue weighted by Gasteiger charge is -2.31. The van der Waals surface area contributed by atoms with Gasteiger partial charge in [0, 0.05) is 25.7 Å². The van der Waals surface area contributed by atoms with Gasteiger partial charge in [-0.15, -0.1) is 0 Å². The van der Waals surface area contributed by atoms with Gasteiger partial charge >= 0.3 is 0 Å². The van der Waals surface area contributed by atoms with Gasteiger partial charge in [0.2, 0.25) is 0 Å². The zero-order chi connectivity index (χ0) is 14.9. The lowest BCUT2D eigenvalue weighted by Crippen LogP contribution is -2.44. The van der Waals surface area contributed by atoms with E-state index >= 15 is 0 Å². The third-order valence-corrected chi connectivity index (χ3v) is 4.85. The number of hydrogen-bond acceptors (Lipinski definition) is 2. The maximum Gasteiger partial charge on any atom is 0.191 e. The first-order valence-electron chi connectivity index (χ1n) is 9.09. The monoisotopic (exact) mass is 294 g/mol. The Kier molecular flexibility index (Phi) is 7.34. The minimum absolute atomic E-state index is 0.634. The van der Waals surface area contributed by atoms with E-state index in [1.165, 1.54) is 64.6 Å². The summed E-state index contributed by atoms with van der Waals surface area (Å²) in [6, 6.07) is 0.634. The van der Waals surface area contributed by atoms with Crippen LogP contribution in [0, 0.1) is 5.92 Å². The van der Waals surface area contributed by atoms with Crippen molar-refractivity contribution in [3.05, 3.63) is 0 Å². The number of nitrogens with zero attached hydrogens (tertiary/aromatic N) is 2. The van der Waals surface area contributed by atoms with Gasteiger partial charge in [0.05, 0.1) is 0 Å². The van der Waals surface area contributed by atoms with Crippen molar-refractivity contribution in [1.82, 2.24) is 15.5 Å². The molecule has 0 aromatic carbocycles. The average molecular weight is 294 g/mol. The van der Waals surface area contributed by atoms with Crippen molar-refractivity contribution < 1.29 is 0 Å². The molecule has 2 fully saturated rings. The molecule has 4 heteroatoms. The van der Waals surface area contributed by atoms with Gasteiger partial charge in [0.25, 0.3) is 0 Å². The lowest BCUT2D eigenvalue weighted by atomic mass is 9.96. The quantitative estimate of drug-likeness (QED) is 0.605. The van der Waals surface area contributed by atoms with E-state index in [4.69, 9.17) is 4.99 Å². The molecule has 1 atom stereocenters. The number of rotatable bonds is 5. The standard InChI is InChI=1S/C17H34N4/c1-3-18-17(20-16-10-6-5-7-11-16)19-13-15-9-8-12-21(4-2)14-15/h15-16H,3-14H2,1-2H3,(H2,18,19,20). The van der Waals surface area contributed by atoms with Gasteiger partial charge in [-0.1, -0.05) is 26.2 Å². The Morgan fingerprint density at radius 3 is 2.62 bits per heavy atom. The van der Waals surface area contributed by atoms with Gasteiger partial charge < -0.3 is 15.5 Å². The van der Waals surface area contributed by atoms with Crippen molar-refractivity contribution in [3.63, 3.8) is 0 Å². The van der Waals surface area contributed by atoms with Gasteiger partial charge in [-0.2, -0.15) is 0 Å². The first-order valence-corrected chi connectivity index (χ1v) is 9.09. The molecule has 0 radical (unpaired) electrons. The molecule has 1 aliphatic heterocycles. The number of aliphatic imine (C=N–C) groups is 1. The fourth-order valence-corrected chi connectivity index (χ4v) is 3.57. The first kappa shape index (κ1) is 16.6. The van der Waals surface area contributed by atoms with Crippen LogP contribution in [0.4, 0.5) is 0 Å². The van der Waals surface area contributed by atoms with Crippen LogP contribution >= 0.6 is 0 Å². The average Bonchev–Trinajstić information content (AvgIpc) is 2.54. The van der Waals surface area contributed by atoms with Crippen molar-refractivity contribution >= 4 is 5.96 Å². The lowest BCUT2D eigenvalue weighted by molar-refractivity contribution is 0.186. The van der Waals surface area contributed by atoms with E-state index < -0.39 is 0 Å². The van der Waals surface area contributed by atoms with E-state index in [0.717, 1.165) is 25.0 Å². The highest BCUT2D eigenvalue weighted by Crippen LogP contribution is 2.18. The van der Waals surface area contributed by atoms with Crippen LogP contribution < -0.4 is 10.6 Å². The van der Waals surface area contributed by atoms with Gasteiger partial charge in [-0.3, -0.25) is 4.99 Å². The number of likely N-dealkylation sites (tertiary alicyclic amines) is 1. The Morgan fingerprint density at radius 1 is 1.10 bits per heavy atom. The Morgan fingerprint density at radius 2 is 1.90 bits per heavy atom. The van der Waals surface area contributed by atoms with Gasteiger partial charge in [0.1, 0.15) is 0 Å². The summed E-state index contributed by atoms with van der Waals surface area (Å²) in [4.78, 5) is 7.43. The van der Waals surface area contributed by atoms with Crippen molar-refractivity contribution in [2.45, 2.75) is 64.8 Å². The molecule has 21 heavy (non-hydrogen) atoms. The molecule has 0 amide bonds. The summed E-state index contributed by atoms with van der Waals surface area (Å²) in [6.07, 6.45) is 9.41. The fourth-order valence-electron chi connectivity index (χ4n) is 3.57. The van der Waals surface area contributed by atoms with E-state index in [1.54, 1.807) is 0 Å². The van der Waals surface area contributed by atoms with Crippen molar-refractivity contribution in [2.75, 3.05) is 32.7 Å². The molecule has 0 aromatic heterocycles. The molecule has 122 valence electrons. The minimum atomic E-state index is 0.634. The molecule has 2 rings (SSSR count). The predicted molar refractivity (Wildman–Crippen MR) is 90.8 cm³/mol. The van der Waals surface area contributed by atoms with Crippen LogP contribution in [-0.4, -0.2) is 49.6 Å². The maximum absolute atomic E-state index is 4.87. The summed E-state index contributed by atoms with van der Waals surface area (Å²) in [5.74, 6) is 1.78. The normalized spacial score (nSPS) is 25.8. The summed E-state index contributed by atoms with van der Waals surface area (Å²) in [5, 5.41) is 7.07. The van der Waals surface area contributed by atoms with Crippen molar-refractivity contribution in [1.29, 1.82) is 0 Å². The minimum Gasteiger partial charge on any atom is -0.357 e. The van der Waals surface area contributed by atoms with Crippen LogP contribution in [0.15, 0.2) is 4.99 Å². The van der Waals surface area contributed by atoms with E-state index in [0.29, 0.717) is 6.04 Å². The molecule has 2 N–H and O–H groups in total. The number of piperidine rings is 1. The molecule has 1 unspecified atom stereocenters. The van der Waals surface area contributed by atoms with Crippen LogP contribution in [0.2, 0.25) is 0 Å². The Labute approximate surface area is 130 Å². The number of nitrogens with one attached hydrogen (secondary N) is 2. The van der Waals surface area contributed by atoms with Crippen LogP contribution in [0.25, 0.3) is 0 Å². The van der Waals surface area contributed by atoms with E-state index in [2.05, 4.69) is 29.4 Å². The Bertz CT molecular complexity index is 310. The molecule has 1 aliphatic carbocycles. The van der Waals surface area contributed by atoms with Crippen molar-refractivity contribution in [3.8, 4) is 0 Å². The molecule has 0 bridgehead atoms. The highest BCUT2D eigenvalue weighted by molar-refractivity contribution is 5.80. The third-order valence-electron chi connectivity index (χ3n) is 4.85. The van der Waals surface area contributed by atoms with Gasteiger partial charge in [-0.05, 0) is 51.6 Å². The summed E-state index contributed by atoms with van der Waals surface area (Å²) in [5.41, 5.74) is 0. The molecule has 1 saturated heterocycles. The van der Waals surface area contributed by atoms with Crippen LogP contribution in [0.5, 0.6) is 0 Å². The molecule has 0 spiro atoms. The topological polar surface area (TPSA) is 39.7 Å². The zero-order valence-electron chi connectivity index (χ0n) is 14.0. The second-order valence-corrected chi connectivity index (χ2v) is 6.60. The van der Waals surface area contributed by atoms with E-state index in [1.807, 2.05) is 0 Å². The summed E-state index contributed by atoms with van der Waals surface area (Å²) < 4.78 is 0. The van der Waals surface area contributed by atoms with Gasteiger partial charge in [0.15, 0.2) is 5.96 Å². The Hall–Kier alpha value is -0.770. The molecular weight excluding hydrogens is 260 g/mol. The van der Waals surface area contributed by atoms with Crippen LogP contribution in [0.1, 0.15) is 58.8 Å². The van der Waals surface area contributed by atoms with Crippen LogP contribution in [-0.2, 0) is 0 Å². The molecule has 1 saturated carbocycles. The highest BCUT2D eigenvalue weighted by Gasteiger charge is 2.19. The first-order chi connectivity index (χ1) is 10.3. The third kappa shape index (κ3) is 5.85. The van der Waals surface area contributed by atoms with E-state index in [9.17, 15) is 0 Å². The molecule has 2 aliphatic rings. The van der Waals surface area contributed by atoms with E-state index in [-0.39, 0.29) is 0 Å². The highest BCUT2D eigenvalue weighted by atomic mass is 15.2. The zero-order valence-corrected chi connectivity index (χ0v) is 14.0.